The standard InChI is InChI=1S/C20H24F3NO2S/c1-13-10-17(14(2)27-13)18(25)12-24-8-6-19(26,7-9-24)15-4-3-5-16(11-15)20(21,22)23/h3-5,10-11,18,25-26H,6-9,12H2,1-2H3/t18-/m1/s1. The molecule has 2 heterocycles. The first-order chi connectivity index (χ1) is 12.6. The van der Waals surface area contributed by atoms with E-state index in [2.05, 4.69) is 4.90 Å². The maximum atomic E-state index is 12.9. The molecule has 3 rings (SSSR count). The minimum Gasteiger partial charge on any atom is -0.387 e. The lowest BCUT2D eigenvalue weighted by molar-refractivity contribution is -0.137. The molecule has 0 spiro atoms. The molecule has 1 aliphatic rings. The Labute approximate surface area is 161 Å². The van der Waals surface area contributed by atoms with Crippen LogP contribution >= 0.6 is 11.3 Å². The number of rotatable bonds is 4. The smallest absolute Gasteiger partial charge is 0.387 e. The largest absolute Gasteiger partial charge is 0.416 e. The van der Waals surface area contributed by atoms with E-state index in [9.17, 15) is 23.4 Å². The van der Waals surface area contributed by atoms with E-state index in [1.807, 2.05) is 19.9 Å². The lowest BCUT2D eigenvalue weighted by Crippen LogP contribution is -2.44. The van der Waals surface area contributed by atoms with E-state index in [0.29, 0.717) is 38.0 Å². The second kappa shape index (κ2) is 7.54. The van der Waals surface area contributed by atoms with Crippen LogP contribution in [0.3, 0.4) is 0 Å². The molecule has 0 unspecified atom stereocenters. The Morgan fingerprint density at radius 1 is 1.19 bits per heavy atom. The number of likely N-dealkylation sites (tertiary alicyclic amines) is 1. The van der Waals surface area contributed by atoms with Crippen molar-refractivity contribution in [3.8, 4) is 0 Å². The first kappa shape index (κ1) is 20.3. The Bertz CT molecular complexity index is 795. The van der Waals surface area contributed by atoms with E-state index in [1.165, 1.54) is 6.07 Å². The van der Waals surface area contributed by atoms with Crippen molar-refractivity contribution in [2.24, 2.45) is 0 Å². The SMILES string of the molecule is Cc1cc([C@H](O)CN2CCC(O)(c3cccc(C(F)(F)F)c3)CC2)c(C)s1. The fraction of sp³-hybridized carbons (Fsp3) is 0.500. The van der Waals surface area contributed by atoms with E-state index in [-0.39, 0.29) is 0 Å². The number of alkyl halides is 3. The van der Waals surface area contributed by atoms with Crippen LogP contribution in [0.25, 0.3) is 0 Å². The molecule has 2 aromatic rings. The number of thiophene rings is 1. The zero-order valence-corrected chi connectivity index (χ0v) is 16.2. The highest BCUT2D eigenvalue weighted by molar-refractivity contribution is 7.12. The van der Waals surface area contributed by atoms with Crippen molar-refractivity contribution >= 4 is 11.3 Å². The molecule has 3 nitrogen and oxygen atoms in total. The summed E-state index contributed by atoms with van der Waals surface area (Å²) in [5, 5.41) is 21.4. The number of halogens is 3. The van der Waals surface area contributed by atoms with Crippen molar-refractivity contribution in [3.63, 3.8) is 0 Å². The molecule has 27 heavy (non-hydrogen) atoms. The average Bonchev–Trinajstić information content (AvgIpc) is 2.95. The van der Waals surface area contributed by atoms with Crippen molar-refractivity contribution in [3.05, 3.63) is 56.8 Å². The molecule has 148 valence electrons. The molecule has 1 aromatic heterocycles. The molecule has 0 saturated carbocycles. The summed E-state index contributed by atoms with van der Waals surface area (Å²) in [6.45, 7) is 5.48. The number of hydrogen-bond acceptors (Lipinski definition) is 4. The van der Waals surface area contributed by atoms with Crippen molar-refractivity contribution in [1.29, 1.82) is 0 Å². The Kier molecular flexibility index (Phi) is 5.68. The maximum absolute atomic E-state index is 12.9. The Morgan fingerprint density at radius 3 is 2.41 bits per heavy atom. The predicted molar refractivity (Wildman–Crippen MR) is 99.8 cm³/mol. The lowest BCUT2D eigenvalue weighted by atomic mass is 9.83. The van der Waals surface area contributed by atoms with Crippen LogP contribution in [-0.4, -0.2) is 34.7 Å². The summed E-state index contributed by atoms with van der Waals surface area (Å²) in [5.41, 5.74) is -0.773. The molecule has 1 aliphatic heterocycles. The number of aryl methyl sites for hydroxylation is 2. The van der Waals surface area contributed by atoms with Crippen LogP contribution in [-0.2, 0) is 11.8 Å². The van der Waals surface area contributed by atoms with Crippen LogP contribution in [0, 0.1) is 13.8 Å². The zero-order chi connectivity index (χ0) is 19.8. The number of aliphatic hydroxyl groups excluding tert-OH is 1. The molecule has 1 atom stereocenters. The number of nitrogens with zero attached hydrogens (tertiary/aromatic N) is 1. The fourth-order valence-corrected chi connectivity index (χ4v) is 4.69. The highest BCUT2D eigenvalue weighted by Gasteiger charge is 2.37. The first-order valence-electron chi connectivity index (χ1n) is 8.96. The van der Waals surface area contributed by atoms with Crippen molar-refractivity contribution in [1.82, 2.24) is 4.90 Å². The molecule has 2 N–H and O–H groups in total. The minimum absolute atomic E-state index is 0.307. The number of aliphatic hydroxyl groups is 2. The van der Waals surface area contributed by atoms with Gasteiger partial charge in [0, 0.05) is 29.4 Å². The highest BCUT2D eigenvalue weighted by Crippen LogP contribution is 2.37. The quantitative estimate of drug-likeness (QED) is 0.801. The summed E-state index contributed by atoms with van der Waals surface area (Å²) in [7, 11) is 0. The Balaban J connectivity index is 1.65. The molecule has 0 amide bonds. The van der Waals surface area contributed by atoms with Crippen LogP contribution < -0.4 is 0 Å². The average molecular weight is 399 g/mol. The fourth-order valence-electron chi connectivity index (χ4n) is 3.70. The van der Waals surface area contributed by atoms with Gasteiger partial charge in [-0.3, -0.25) is 0 Å². The predicted octanol–water partition coefficient (Wildman–Crippen LogP) is 4.40. The molecule has 1 aromatic carbocycles. The van der Waals surface area contributed by atoms with Gasteiger partial charge in [0.25, 0.3) is 0 Å². The second-order valence-corrected chi connectivity index (χ2v) is 8.76. The Hall–Kier alpha value is -1.41. The monoisotopic (exact) mass is 399 g/mol. The summed E-state index contributed by atoms with van der Waals surface area (Å²) >= 11 is 1.65. The highest BCUT2D eigenvalue weighted by atomic mass is 32.1. The molecule has 0 bridgehead atoms. The molecule has 1 fully saturated rings. The van der Waals surface area contributed by atoms with Gasteiger partial charge in [-0.2, -0.15) is 13.2 Å². The summed E-state index contributed by atoms with van der Waals surface area (Å²) in [6.07, 6.45) is -4.35. The summed E-state index contributed by atoms with van der Waals surface area (Å²) in [6, 6.07) is 6.95. The van der Waals surface area contributed by atoms with Gasteiger partial charge in [-0.05, 0) is 56.0 Å². The molecular weight excluding hydrogens is 375 g/mol. The van der Waals surface area contributed by atoms with Gasteiger partial charge in [-0.15, -0.1) is 11.3 Å². The number of β-amino-alcohol motifs (C(OH)–C–C–N with tert-alkyl or cyclic N) is 1. The molecule has 7 heteroatoms. The van der Waals surface area contributed by atoms with Crippen LogP contribution in [0.5, 0.6) is 0 Å². The topological polar surface area (TPSA) is 43.7 Å². The Morgan fingerprint density at radius 2 is 1.85 bits per heavy atom. The van der Waals surface area contributed by atoms with Crippen LogP contribution in [0.1, 0.15) is 45.4 Å². The minimum atomic E-state index is -4.42. The van der Waals surface area contributed by atoms with Gasteiger partial charge in [0.05, 0.1) is 17.3 Å². The first-order valence-corrected chi connectivity index (χ1v) is 9.77. The molecular formula is C20H24F3NO2S. The van der Waals surface area contributed by atoms with E-state index in [1.54, 1.807) is 17.4 Å². The van der Waals surface area contributed by atoms with Gasteiger partial charge < -0.3 is 15.1 Å². The van der Waals surface area contributed by atoms with Crippen LogP contribution in [0.2, 0.25) is 0 Å². The van der Waals surface area contributed by atoms with Gasteiger partial charge in [0.15, 0.2) is 0 Å². The summed E-state index contributed by atoms with van der Waals surface area (Å²) < 4.78 is 38.8. The molecule has 1 saturated heterocycles. The number of benzene rings is 1. The zero-order valence-electron chi connectivity index (χ0n) is 15.4. The lowest BCUT2D eigenvalue weighted by Gasteiger charge is -2.39. The van der Waals surface area contributed by atoms with E-state index >= 15 is 0 Å². The summed E-state index contributed by atoms with van der Waals surface area (Å²) in [5.74, 6) is 0. The van der Waals surface area contributed by atoms with Crippen molar-refractivity contribution in [2.45, 2.75) is 44.6 Å². The summed E-state index contributed by atoms with van der Waals surface area (Å²) in [4.78, 5) is 4.30. The van der Waals surface area contributed by atoms with Crippen LogP contribution in [0.15, 0.2) is 30.3 Å². The van der Waals surface area contributed by atoms with Gasteiger partial charge in [-0.1, -0.05) is 12.1 Å². The second-order valence-electron chi connectivity index (χ2n) is 7.30. The number of piperidine rings is 1. The number of hydrogen-bond donors (Lipinski definition) is 2. The van der Waals surface area contributed by atoms with E-state index in [0.717, 1.165) is 27.5 Å². The van der Waals surface area contributed by atoms with Gasteiger partial charge in [0.2, 0.25) is 0 Å². The van der Waals surface area contributed by atoms with Crippen molar-refractivity contribution in [2.75, 3.05) is 19.6 Å². The van der Waals surface area contributed by atoms with Crippen molar-refractivity contribution < 1.29 is 23.4 Å². The molecule has 0 radical (unpaired) electrons. The molecule has 0 aliphatic carbocycles. The third kappa shape index (κ3) is 4.54. The van der Waals surface area contributed by atoms with Gasteiger partial charge in [0.1, 0.15) is 0 Å². The third-order valence-corrected chi connectivity index (χ3v) is 6.26. The maximum Gasteiger partial charge on any atom is 0.416 e. The van der Waals surface area contributed by atoms with E-state index in [4.69, 9.17) is 0 Å². The van der Waals surface area contributed by atoms with Crippen LogP contribution in [0.4, 0.5) is 13.2 Å². The normalized spacial score (nSPS) is 19.2. The van der Waals surface area contributed by atoms with E-state index < -0.39 is 23.4 Å². The third-order valence-electron chi connectivity index (χ3n) is 5.28. The van der Waals surface area contributed by atoms with Gasteiger partial charge in [-0.25, -0.2) is 0 Å². The van der Waals surface area contributed by atoms with Gasteiger partial charge >= 0.3 is 6.18 Å².